The Hall–Kier alpha value is -0.140. The van der Waals surface area contributed by atoms with Crippen molar-refractivity contribution >= 4 is 14.2 Å². The van der Waals surface area contributed by atoms with Gasteiger partial charge in [-0.1, -0.05) is 13.8 Å². The molecule has 1 saturated heterocycles. The first-order valence-electron chi connectivity index (χ1n) is 5.40. The Morgan fingerprint density at radius 1 is 1.43 bits per heavy atom. The van der Waals surface area contributed by atoms with Gasteiger partial charge in [0.15, 0.2) is 0 Å². The van der Waals surface area contributed by atoms with Gasteiger partial charge in [-0.2, -0.15) is 0 Å². The summed E-state index contributed by atoms with van der Waals surface area (Å²) >= 11 is 0. The van der Waals surface area contributed by atoms with Crippen LogP contribution in [0.2, 0.25) is 0 Å². The molecule has 4 heteroatoms. The Kier molecular flexibility index (Phi) is 2.81. The molecule has 1 heterocycles. The molecule has 6 atom stereocenters. The van der Waals surface area contributed by atoms with Crippen molar-refractivity contribution in [1.29, 1.82) is 0 Å². The highest BCUT2D eigenvalue weighted by atomic mass is 31.1. The Bertz CT molecular complexity index is 246. The van der Waals surface area contributed by atoms with Crippen LogP contribution in [0.15, 0.2) is 0 Å². The molecule has 0 radical (unpaired) electrons. The Morgan fingerprint density at radius 2 is 2.14 bits per heavy atom. The van der Waals surface area contributed by atoms with E-state index in [1.54, 1.807) is 0 Å². The second-order valence-corrected chi connectivity index (χ2v) is 6.30. The maximum Gasteiger partial charge on any atom is 0.239 e. The molecule has 0 bridgehead atoms. The van der Waals surface area contributed by atoms with Crippen LogP contribution in [0.5, 0.6) is 0 Å². The standard InChI is InChI=1S/C10H19N2OP/c1-5-3-6(2)8-7(4-5)9(11)12-10(13)14-8/h5-9,14H,3-4,11H2,1-2H3,(H,12,13). The highest BCUT2D eigenvalue weighted by Gasteiger charge is 2.41. The van der Waals surface area contributed by atoms with E-state index in [4.69, 9.17) is 5.73 Å². The van der Waals surface area contributed by atoms with E-state index in [1.165, 1.54) is 12.8 Å². The molecule has 1 saturated carbocycles. The first-order chi connectivity index (χ1) is 6.58. The van der Waals surface area contributed by atoms with Crippen molar-refractivity contribution in [1.82, 2.24) is 5.32 Å². The van der Waals surface area contributed by atoms with Gasteiger partial charge in [-0.05, 0) is 44.8 Å². The van der Waals surface area contributed by atoms with Crippen molar-refractivity contribution in [3.63, 3.8) is 0 Å². The zero-order valence-electron chi connectivity index (χ0n) is 8.79. The molecule has 6 unspecified atom stereocenters. The molecule has 14 heavy (non-hydrogen) atoms. The predicted molar refractivity (Wildman–Crippen MR) is 59.7 cm³/mol. The third-order valence-electron chi connectivity index (χ3n) is 3.58. The maximum absolute atomic E-state index is 11.4. The van der Waals surface area contributed by atoms with E-state index in [2.05, 4.69) is 19.2 Å². The average molecular weight is 214 g/mol. The van der Waals surface area contributed by atoms with Gasteiger partial charge in [0.05, 0.1) is 6.17 Å². The molecule has 2 rings (SSSR count). The van der Waals surface area contributed by atoms with Gasteiger partial charge in [0.25, 0.3) is 0 Å². The lowest BCUT2D eigenvalue weighted by molar-refractivity contribution is 0.179. The minimum atomic E-state index is -0.0982. The van der Waals surface area contributed by atoms with Crippen molar-refractivity contribution in [3.8, 4) is 0 Å². The molecule has 0 aromatic carbocycles. The molecule has 3 nitrogen and oxygen atoms in total. The molecule has 2 fully saturated rings. The van der Waals surface area contributed by atoms with E-state index in [9.17, 15) is 4.79 Å². The van der Waals surface area contributed by atoms with Crippen LogP contribution in [0.25, 0.3) is 0 Å². The summed E-state index contributed by atoms with van der Waals surface area (Å²) < 4.78 is 0. The van der Waals surface area contributed by atoms with Gasteiger partial charge in [0, 0.05) is 0 Å². The smallest absolute Gasteiger partial charge is 0.239 e. The van der Waals surface area contributed by atoms with Crippen molar-refractivity contribution < 1.29 is 4.79 Å². The summed E-state index contributed by atoms with van der Waals surface area (Å²) in [6.45, 7) is 4.56. The summed E-state index contributed by atoms with van der Waals surface area (Å²) in [7, 11) is 0.431. The molecule has 3 N–H and O–H groups in total. The normalized spacial score (nSPS) is 49.9. The van der Waals surface area contributed by atoms with Gasteiger partial charge >= 0.3 is 0 Å². The third kappa shape index (κ3) is 1.80. The third-order valence-corrected chi connectivity index (χ3v) is 5.32. The van der Waals surface area contributed by atoms with Crippen LogP contribution in [0, 0.1) is 17.8 Å². The fourth-order valence-corrected chi connectivity index (χ4v) is 4.51. The fourth-order valence-electron chi connectivity index (χ4n) is 2.98. The minimum Gasteiger partial charge on any atom is -0.337 e. The van der Waals surface area contributed by atoms with Crippen molar-refractivity contribution in [2.24, 2.45) is 23.5 Å². The zero-order chi connectivity index (χ0) is 10.3. The molecular formula is C10H19N2OP. The van der Waals surface area contributed by atoms with Crippen LogP contribution in [-0.2, 0) is 0 Å². The number of carbonyl (C=O) groups is 1. The summed E-state index contributed by atoms with van der Waals surface area (Å²) in [4.78, 5) is 11.4. The topological polar surface area (TPSA) is 55.1 Å². The van der Waals surface area contributed by atoms with E-state index in [1.807, 2.05) is 0 Å². The highest BCUT2D eigenvalue weighted by Crippen LogP contribution is 2.46. The van der Waals surface area contributed by atoms with Crippen LogP contribution in [0.1, 0.15) is 26.7 Å². The second-order valence-electron chi connectivity index (χ2n) is 4.89. The number of nitrogens with two attached hydrogens (primary N) is 1. The lowest BCUT2D eigenvalue weighted by atomic mass is 9.75. The van der Waals surface area contributed by atoms with Crippen LogP contribution >= 0.6 is 8.58 Å². The summed E-state index contributed by atoms with van der Waals surface area (Å²) in [6.07, 6.45) is 2.34. The first-order valence-corrected chi connectivity index (χ1v) is 6.48. The van der Waals surface area contributed by atoms with Gasteiger partial charge < -0.3 is 11.1 Å². The predicted octanol–water partition coefficient (Wildman–Crippen LogP) is 1.72. The van der Waals surface area contributed by atoms with Gasteiger partial charge in [0.2, 0.25) is 5.65 Å². The monoisotopic (exact) mass is 214 g/mol. The number of fused-ring (bicyclic) bond motifs is 1. The summed E-state index contributed by atoms with van der Waals surface area (Å²) in [5.74, 6) is 1.95. The summed E-state index contributed by atoms with van der Waals surface area (Å²) in [6, 6.07) is 0. The highest BCUT2D eigenvalue weighted by molar-refractivity contribution is 7.58. The molecule has 2 aliphatic rings. The van der Waals surface area contributed by atoms with Crippen LogP contribution in [0.3, 0.4) is 0 Å². The largest absolute Gasteiger partial charge is 0.337 e. The fraction of sp³-hybridized carbons (Fsp3) is 0.900. The number of hydrogen-bond acceptors (Lipinski definition) is 2. The number of amides is 1. The number of rotatable bonds is 0. The summed E-state index contributed by atoms with van der Waals surface area (Å²) in [5, 5.41) is 2.87. The van der Waals surface area contributed by atoms with Crippen molar-refractivity contribution in [2.45, 2.75) is 38.5 Å². The van der Waals surface area contributed by atoms with Crippen LogP contribution < -0.4 is 11.1 Å². The maximum atomic E-state index is 11.4. The van der Waals surface area contributed by atoms with Gasteiger partial charge in [-0.15, -0.1) is 0 Å². The van der Waals surface area contributed by atoms with Gasteiger partial charge in [0.1, 0.15) is 0 Å². The average Bonchev–Trinajstić information content (AvgIpc) is 2.07. The van der Waals surface area contributed by atoms with E-state index >= 15 is 0 Å². The lowest BCUT2D eigenvalue weighted by Gasteiger charge is -2.45. The molecule has 0 spiro atoms. The zero-order valence-corrected chi connectivity index (χ0v) is 9.79. The van der Waals surface area contributed by atoms with Gasteiger partial charge in [-0.3, -0.25) is 4.79 Å². The number of nitrogens with one attached hydrogen (secondary N) is 1. The SMILES string of the molecule is CC1CC(C)C2PC(=O)NC(N)C2C1. The molecule has 1 aliphatic carbocycles. The molecule has 0 aromatic rings. The van der Waals surface area contributed by atoms with E-state index < -0.39 is 0 Å². The minimum absolute atomic E-state index is 0.0982. The Labute approximate surface area is 87.0 Å². The second kappa shape index (κ2) is 3.79. The molecule has 1 amide bonds. The number of hydrogen-bond donors (Lipinski definition) is 2. The van der Waals surface area contributed by atoms with E-state index in [0.717, 1.165) is 5.92 Å². The molecule has 1 aliphatic heterocycles. The van der Waals surface area contributed by atoms with Gasteiger partial charge in [-0.25, -0.2) is 0 Å². The summed E-state index contributed by atoms with van der Waals surface area (Å²) in [5.41, 5.74) is 6.69. The molecule has 0 aromatic heterocycles. The van der Waals surface area contributed by atoms with Crippen molar-refractivity contribution in [2.75, 3.05) is 0 Å². The van der Waals surface area contributed by atoms with E-state index in [-0.39, 0.29) is 11.8 Å². The van der Waals surface area contributed by atoms with Crippen LogP contribution in [-0.4, -0.2) is 17.5 Å². The van der Waals surface area contributed by atoms with E-state index in [0.29, 0.717) is 26.1 Å². The van der Waals surface area contributed by atoms with Crippen LogP contribution in [0.4, 0.5) is 4.79 Å². The number of carbonyl (C=O) groups excluding carboxylic acids is 1. The Morgan fingerprint density at radius 3 is 2.86 bits per heavy atom. The Balaban J connectivity index is 2.14. The first kappa shape index (κ1) is 10.4. The van der Waals surface area contributed by atoms with Crippen molar-refractivity contribution in [3.05, 3.63) is 0 Å². The lowest BCUT2D eigenvalue weighted by Crippen LogP contribution is -2.56. The molecular weight excluding hydrogens is 195 g/mol. The quantitative estimate of drug-likeness (QED) is 0.603. The molecule has 80 valence electrons.